The number of hydrogen-bond acceptors (Lipinski definition) is 4. The summed E-state index contributed by atoms with van der Waals surface area (Å²) in [6.07, 6.45) is 7.12. The zero-order chi connectivity index (χ0) is 28.7. The fourth-order valence-corrected chi connectivity index (χ4v) is 3.87. The van der Waals surface area contributed by atoms with E-state index in [-0.39, 0.29) is 40.2 Å². The Morgan fingerprint density at radius 3 is 0.886 bits per heavy atom. The Kier molecular flexibility index (Phi) is 14.7. The van der Waals surface area contributed by atoms with Gasteiger partial charge in [0.1, 0.15) is 0 Å². The quantitative estimate of drug-likeness (QED) is 0.166. The summed E-state index contributed by atoms with van der Waals surface area (Å²) < 4.78 is 0. The number of hydrogen-bond donors (Lipinski definition) is 0. The molecule has 0 atom stereocenters. The topological polar surface area (TPSA) is 51.6 Å². The Hall–Kier alpha value is -4.44. The summed E-state index contributed by atoms with van der Waals surface area (Å²) in [7, 11) is 0. The van der Waals surface area contributed by atoms with Crippen molar-refractivity contribution in [3.05, 3.63) is 183 Å². The minimum Gasteiger partial charge on any atom is -0.315 e. The third kappa shape index (κ3) is 10.4. The van der Waals surface area contributed by atoms with Crippen LogP contribution in [0.4, 0.5) is 0 Å². The molecule has 7 rings (SSSR count). The third-order valence-electron chi connectivity index (χ3n) is 5.93. The Bertz CT molecular complexity index is 1520. The number of rotatable bonds is 4. The van der Waals surface area contributed by atoms with Gasteiger partial charge in [-0.25, -0.2) is 35.4 Å². The minimum absolute atomic E-state index is 0. The molecular formula is C38H26Ir2N4-4. The van der Waals surface area contributed by atoms with E-state index in [1.165, 1.54) is 0 Å². The first-order valence-electron chi connectivity index (χ1n) is 13.4. The van der Waals surface area contributed by atoms with Gasteiger partial charge in [0.2, 0.25) is 0 Å². The summed E-state index contributed by atoms with van der Waals surface area (Å²) in [5.74, 6) is 0. The number of aromatic nitrogens is 4. The van der Waals surface area contributed by atoms with Crippen molar-refractivity contribution in [1.82, 2.24) is 19.9 Å². The number of nitrogens with zero attached hydrogens (tertiary/aromatic N) is 4. The first-order chi connectivity index (χ1) is 20.9. The van der Waals surface area contributed by atoms with Gasteiger partial charge < -0.3 is 19.9 Å². The van der Waals surface area contributed by atoms with E-state index < -0.39 is 0 Å². The molecule has 0 saturated carbocycles. The first-order valence-corrected chi connectivity index (χ1v) is 13.4. The second-order valence-electron chi connectivity index (χ2n) is 8.82. The van der Waals surface area contributed by atoms with Crippen molar-refractivity contribution in [2.75, 3.05) is 0 Å². The van der Waals surface area contributed by atoms with E-state index in [4.69, 9.17) is 0 Å². The van der Waals surface area contributed by atoms with Crippen LogP contribution >= 0.6 is 0 Å². The van der Waals surface area contributed by atoms with Gasteiger partial charge in [-0.05, 0) is 35.7 Å². The molecule has 0 saturated heterocycles. The molecule has 2 radical (unpaired) electrons. The molecule has 44 heavy (non-hydrogen) atoms. The minimum atomic E-state index is 0. The predicted molar refractivity (Wildman–Crippen MR) is 168 cm³/mol. The van der Waals surface area contributed by atoms with Crippen molar-refractivity contribution in [3.8, 4) is 45.0 Å². The van der Waals surface area contributed by atoms with Crippen LogP contribution in [0.1, 0.15) is 0 Å². The van der Waals surface area contributed by atoms with Gasteiger partial charge in [-0.1, -0.05) is 59.9 Å². The van der Waals surface area contributed by atoms with Gasteiger partial charge in [0.25, 0.3) is 0 Å². The van der Waals surface area contributed by atoms with E-state index in [1.54, 1.807) is 24.8 Å². The van der Waals surface area contributed by atoms with Crippen LogP contribution in [0.5, 0.6) is 0 Å². The Labute approximate surface area is 286 Å². The molecule has 0 spiro atoms. The van der Waals surface area contributed by atoms with Crippen molar-refractivity contribution < 1.29 is 40.2 Å². The maximum Gasteiger partial charge on any atom is 0.0160 e. The van der Waals surface area contributed by atoms with Gasteiger partial charge in [-0.2, -0.15) is 0 Å². The fraction of sp³-hybridized carbons (Fsp3) is 0. The molecule has 4 heterocycles. The summed E-state index contributed by atoms with van der Waals surface area (Å²) in [6.45, 7) is 0. The van der Waals surface area contributed by atoms with E-state index in [2.05, 4.69) is 44.2 Å². The number of benzene rings is 3. The monoisotopic (exact) mass is 924 g/mol. The Balaban J connectivity index is 0.000000182. The first kappa shape index (κ1) is 34.1. The zero-order valence-electron chi connectivity index (χ0n) is 23.5. The zero-order valence-corrected chi connectivity index (χ0v) is 28.3. The van der Waals surface area contributed by atoms with E-state index in [9.17, 15) is 0 Å². The van der Waals surface area contributed by atoms with Gasteiger partial charge in [0, 0.05) is 65.0 Å². The molecule has 4 aromatic heterocycles. The molecule has 0 aliphatic carbocycles. The SMILES string of the molecule is [Ir].[Ir].[c-]1cc(-c2ccccn2)[c-]cc1-c1ccccn1.[c-]1ccccc1-c1ccccn1.[c-]1ccccc1-c1ccccn1. The molecule has 0 aliphatic heterocycles. The summed E-state index contributed by atoms with van der Waals surface area (Å²) in [5, 5.41) is 0. The second kappa shape index (κ2) is 19.0. The van der Waals surface area contributed by atoms with Gasteiger partial charge in [-0.3, -0.25) is 0 Å². The van der Waals surface area contributed by atoms with Crippen LogP contribution in [-0.4, -0.2) is 19.9 Å². The van der Waals surface area contributed by atoms with Crippen LogP contribution in [0.25, 0.3) is 45.0 Å². The second-order valence-corrected chi connectivity index (χ2v) is 8.82. The Morgan fingerprint density at radius 2 is 0.636 bits per heavy atom. The van der Waals surface area contributed by atoms with Gasteiger partial charge in [-0.15, -0.1) is 71.8 Å². The molecule has 0 N–H and O–H groups in total. The van der Waals surface area contributed by atoms with Gasteiger partial charge >= 0.3 is 0 Å². The van der Waals surface area contributed by atoms with Gasteiger partial charge in [0.15, 0.2) is 0 Å². The summed E-state index contributed by atoms with van der Waals surface area (Å²) in [4.78, 5) is 17.0. The van der Waals surface area contributed by atoms with Crippen LogP contribution in [-0.2, 0) is 40.2 Å². The van der Waals surface area contributed by atoms with Crippen molar-refractivity contribution in [1.29, 1.82) is 0 Å². The van der Waals surface area contributed by atoms with E-state index in [0.717, 1.165) is 45.0 Å². The van der Waals surface area contributed by atoms with Crippen molar-refractivity contribution >= 4 is 0 Å². The third-order valence-corrected chi connectivity index (χ3v) is 5.93. The summed E-state index contributed by atoms with van der Waals surface area (Å²) in [6, 6.07) is 55.5. The molecule has 7 aromatic rings. The average Bonchev–Trinajstić information content (AvgIpc) is 3.11. The Morgan fingerprint density at radius 1 is 0.318 bits per heavy atom. The number of pyridine rings is 4. The average molecular weight is 923 g/mol. The largest absolute Gasteiger partial charge is 0.315 e. The van der Waals surface area contributed by atoms with Crippen LogP contribution in [0.15, 0.2) is 158 Å². The van der Waals surface area contributed by atoms with E-state index in [1.807, 2.05) is 133 Å². The van der Waals surface area contributed by atoms with Crippen LogP contribution < -0.4 is 0 Å². The summed E-state index contributed by atoms with van der Waals surface area (Å²) >= 11 is 0. The molecule has 4 nitrogen and oxygen atoms in total. The molecule has 0 aliphatic rings. The molecule has 0 bridgehead atoms. The molecule has 0 unspecified atom stereocenters. The maximum absolute atomic E-state index is 4.28. The molecule has 3 aromatic carbocycles. The van der Waals surface area contributed by atoms with Crippen LogP contribution in [0.3, 0.4) is 0 Å². The molecule has 220 valence electrons. The van der Waals surface area contributed by atoms with E-state index in [0.29, 0.717) is 0 Å². The molecule has 0 fully saturated rings. The van der Waals surface area contributed by atoms with E-state index >= 15 is 0 Å². The van der Waals surface area contributed by atoms with Crippen molar-refractivity contribution in [2.45, 2.75) is 0 Å². The fourth-order valence-electron chi connectivity index (χ4n) is 3.87. The maximum atomic E-state index is 4.28. The van der Waals surface area contributed by atoms with Crippen molar-refractivity contribution in [2.24, 2.45) is 0 Å². The van der Waals surface area contributed by atoms with Gasteiger partial charge in [0.05, 0.1) is 0 Å². The predicted octanol–water partition coefficient (Wildman–Crippen LogP) is 8.50. The van der Waals surface area contributed by atoms with Crippen molar-refractivity contribution in [3.63, 3.8) is 0 Å². The summed E-state index contributed by atoms with van der Waals surface area (Å²) in [5.41, 5.74) is 7.71. The molecule has 0 amide bonds. The van der Waals surface area contributed by atoms with Crippen LogP contribution in [0, 0.1) is 24.3 Å². The smallest absolute Gasteiger partial charge is 0.0160 e. The molecule has 6 heteroatoms. The molecular weight excluding hydrogens is 897 g/mol. The van der Waals surface area contributed by atoms with Crippen LogP contribution in [0.2, 0.25) is 0 Å². The standard InChI is InChI=1S/C16H10N2.2C11H8N.2Ir/c1-3-11-17-15(5-1)13-7-9-14(10-8-13)16-6-2-4-12-18-16;2*1-2-6-10(7-3-1)11-8-4-5-9-12-11;;/h1-7,10-12H;2*1-6,8-9H;;/q-2;2*-1;;. The normalized spacial score (nSPS) is 9.45.